The van der Waals surface area contributed by atoms with Gasteiger partial charge in [-0.3, -0.25) is 0 Å². The first-order chi connectivity index (χ1) is 7.68. The van der Waals surface area contributed by atoms with Crippen molar-refractivity contribution in [1.29, 1.82) is 0 Å². The molecule has 0 amide bonds. The second-order valence-electron chi connectivity index (χ2n) is 4.10. The number of aryl methyl sites for hydroxylation is 2. The fourth-order valence-corrected chi connectivity index (χ4v) is 2.37. The zero-order valence-electron chi connectivity index (χ0n) is 9.17. The molecule has 0 saturated heterocycles. The van der Waals surface area contributed by atoms with Crippen LogP contribution in [0.3, 0.4) is 0 Å². The van der Waals surface area contributed by atoms with Crippen molar-refractivity contribution in [1.82, 2.24) is 0 Å². The van der Waals surface area contributed by atoms with Gasteiger partial charge in [-0.1, -0.05) is 29.8 Å². The maximum Gasteiger partial charge on any atom is 0.136 e. The fourth-order valence-electron chi connectivity index (χ4n) is 2.22. The average molecular weight is 231 g/mol. The summed E-state index contributed by atoms with van der Waals surface area (Å²) in [4.78, 5) is 0. The van der Waals surface area contributed by atoms with Crippen molar-refractivity contribution in [3.05, 3.63) is 46.5 Å². The Hall–Kier alpha value is -1.47. The van der Waals surface area contributed by atoms with E-state index in [0.717, 1.165) is 38.1 Å². The highest BCUT2D eigenvalue weighted by Gasteiger charge is 2.12. The summed E-state index contributed by atoms with van der Waals surface area (Å²) in [5.41, 5.74) is 4.00. The van der Waals surface area contributed by atoms with Crippen molar-refractivity contribution >= 4 is 33.5 Å². The van der Waals surface area contributed by atoms with Crippen LogP contribution in [0.5, 0.6) is 0 Å². The molecule has 0 atom stereocenters. The third kappa shape index (κ3) is 1.18. The molecule has 0 spiro atoms. The Morgan fingerprint density at radius 1 is 1.06 bits per heavy atom. The van der Waals surface area contributed by atoms with E-state index in [4.69, 9.17) is 16.0 Å². The molecule has 1 nitrogen and oxygen atoms in total. The molecular weight excluding hydrogens is 220 g/mol. The normalized spacial score (nSPS) is 11.4. The summed E-state index contributed by atoms with van der Waals surface area (Å²) < 4.78 is 5.81. The number of hydrogen-bond donors (Lipinski definition) is 0. The highest BCUT2D eigenvalue weighted by atomic mass is 35.5. The van der Waals surface area contributed by atoms with Gasteiger partial charge < -0.3 is 4.42 Å². The van der Waals surface area contributed by atoms with E-state index in [-0.39, 0.29) is 0 Å². The molecule has 1 aromatic heterocycles. The number of hydrogen-bond acceptors (Lipinski definition) is 1. The van der Waals surface area contributed by atoms with E-state index in [2.05, 4.69) is 6.07 Å². The van der Waals surface area contributed by atoms with Gasteiger partial charge in [-0.05, 0) is 37.1 Å². The Morgan fingerprint density at radius 3 is 2.62 bits per heavy atom. The van der Waals surface area contributed by atoms with E-state index in [9.17, 15) is 0 Å². The van der Waals surface area contributed by atoms with Gasteiger partial charge in [0.25, 0.3) is 0 Å². The van der Waals surface area contributed by atoms with Crippen LogP contribution in [0.2, 0.25) is 5.02 Å². The molecule has 2 heteroatoms. The summed E-state index contributed by atoms with van der Waals surface area (Å²) >= 11 is 6.27. The zero-order valence-corrected chi connectivity index (χ0v) is 9.93. The van der Waals surface area contributed by atoms with Crippen LogP contribution in [0, 0.1) is 13.8 Å². The Balaban J connectivity index is 2.62. The number of benzene rings is 2. The monoisotopic (exact) mass is 230 g/mol. The van der Waals surface area contributed by atoms with Crippen LogP contribution >= 0.6 is 11.6 Å². The Morgan fingerprint density at radius 2 is 1.81 bits per heavy atom. The molecular formula is C14H11ClO. The first kappa shape index (κ1) is 9.73. The predicted molar refractivity (Wildman–Crippen MR) is 68.2 cm³/mol. The minimum absolute atomic E-state index is 0.832. The van der Waals surface area contributed by atoms with Crippen LogP contribution in [0.1, 0.15) is 11.1 Å². The minimum atomic E-state index is 0.832. The first-order valence-corrected chi connectivity index (χ1v) is 5.63. The molecule has 0 bridgehead atoms. The van der Waals surface area contributed by atoms with E-state index < -0.39 is 0 Å². The molecule has 80 valence electrons. The van der Waals surface area contributed by atoms with Gasteiger partial charge in [-0.15, -0.1) is 0 Å². The zero-order chi connectivity index (χ0) is 11.3. The van der Waals surface area contributed by atoms with Crippen molar-refractivity contribution in [3.63, 3.8) is 0 Å². The number of fused-ring (bicyclic) bond motifs is 3. The maximum absolute atomic E-state index is 6.27. The highest BCUT2D eigenvalue weighted by molar-refractivity contribution is 6.33. The van der Waals surface area contributed by atoms with Crippen LogP contribution < -0.4 is 0 Å². The van der Waals surface area contributed by atoms with Gasteiger partial charge in [0.05, 0.1) is 0 Å². The third-order valence-corrected chi connectivity index (χ3v) is 3.60. The van der Waals surface area contributed by atoms with Crippen LogP contribution in [0.15, 0.2) is 34.7 Å². The lowest BCUT2D eigenvalue weighted by molar-refractivity contribution is 0.668. The van der Waals surface area contributed by atoms with Gasteiger partial charge in [0.1, 0.15) is 11.2 Å². The van der Waals surface area contributed by atoms with Gasteiger partial charge in [-0.2, -0.15) is 0 Å². The third-order valence-electron chi connectivity index (χ3n) is 3.02. The van der Waals surface area contributed by atoms with Crippen LogP contribution in [0.4, 0.5) is 0 Å². The molecule has 3 aromatic rings. The van der Waals surface area contributed by atoms with Crippen molar-refractivity contribution in [2.75, 3.05) is 0 Å². The number of halogens is 1. The standard InChI is InChI=1S/C14H11ClO/c1-8-7-12-13(9(2)14(8)15)10-5-3-4-6-11(10)16-12/h3-7H,1-2H3. The van der Waals surface area contributed by atoms with Crippen molar-refractivity contribution in [3.8, 4) is 0 Å². The summed E-state index contributed by atoms with van der Waals surface area (Å²) in [5.74, 6) is 0. The molecule has 2 aromatic carbocycles. The number of para-hydroxylation sites is 1. The van der Waals surface area contributed by atoms with E-state index in [0.29, 0.717) is 0 Å². The second kappa shape index (κ2) is 3.26. The molecule has 16 heavy (non-hydrogen) atoms. The molecule has 0 fully saturated rings. The molecule has 1 heterocycles. The lowest BCUT2D eigenvalue weighted by atomic mass is 10.0. The lowest BCUT2D eigenvalue weighted by Crippen LogP contribution is -1.82. The Kier molecular flexibility index (Phi) is 1.98. The summed E-state index contributed by atoms with van der Waals surface area (Å²) in [5, 5.41) is 3.10. The van der Waals surface area contributed by atoms with Crippen molar-refractivity contribution in [2.24, 2.45) is 0 Å². The predicted octanol–water partition coefficient (Wildman–Crippen LogP) is 4.86. The van der Waals surface area contributed by atoms with Gasteiger partial charge in [0.2, 0.25) is 0 Å². The minimum Gasteiger partial charge on any atom is -0.456 e. The Labute approximate surface area is 98.6 Å². The Bertz CT molecular complexity index is 695. The highest BCUT2D eigenvalue weighted by Crippen LogP contribution is 2.35. The van der Waals surface area contributed by atoms with Crippen LogP contribution in [0.25, 0.3) is 21.9 Å². The summed E-state index contributed by atoms with van der Waals surface area (Å²) in [6.45, 7) is 4.04. The van der Waals surface area contributed by atoms with E-state index in [1.54, 1.807) is 0 Å². The molecule has 0 radical (unpaired) electrons. The molecule has 0 aliphatic carbocycles. The second-order valence-corrected chi connectivity index (χ2v) is 4.48. The largest absolute Gasteiger partial charge is 0.456 e. The molecule has 0 aliphatic rings. The molecule has 3 rings (SSSR count). The SMILES string of the molecule is Cc1cc2oc3ccccc3c2c(C)c1Cl. The van der Waals surface area contributed by atoms with E-state index in [1.165, 1.54) is 0 Å². The van der Waals surface area contributed by atoms with Gasteiger partial charge >= 0.3 is 0 Å². The number of rotatable bonds is 0. The fraction of sp³-hybridized carbons (Fsp3) is 0.143. The molecule has 0 unspecified atom stereocenters. The first-order valence-electron chi connectivity index (χ1n) is 5.25. The summed E-state index contributed by atoms with van der Waals surface area (Å²) in [6, 6.07) is 10.1. The lowest BCUT2D eigenvalue weighted by Gasteiger charge is -2.03. The number of furan rings is 1. The molecule has 0 N–H and O–H groups in total. The van der Waals surface area contributed by atoms with Crippen LogP contribution in [-0.2, 0) is 0 Å². The van der Waals surface area contributed by atoms with Gasteiger partial charge in [-0.25, -0.2) is 0 Å². The average Bonchev–Trinajstić information content (AvgIpc) is 2.64. The molecule has 0 aliphatic heterocycles. The van der Waals surface area contributed by atoms with E-state index >= 15 is 0 Å². The summed E-state index contributed by atoms with van der Waals surface area (Å²) in [6.07, 6.45) is 0. The van der Waals surface area contributed by atoms with Crippen molar-refractivity contribution < 1.29 is 4.42 Å². The van der Waals surface area contributed by atoms with Crippen molar-refractivity contribution in [2.45, 2.75) is 13.8 Å². The van der Waals surface area contributed by atoms with Gasteiger partial charge in [0.15, 0.2) is 0 Å². The smallest absolute Gasteiger partial charge is 0.136 e. The van der Waals surface area contributed by atoms with Crippen LogP contribution in [-0.4, -0.2) is 0 Å². The summed E-state index contributed by atoms with van der Waals surface area (Å²) in [7, 11) is 0. The van der Waals surface area contributed by atoms with E-state index in [1.807, 2.05) is 38.1 Å². The maximum atomic E-state index is 6.27. The topological polar surface area (TPSA) is 13.1 Å². The molecule has 0 saturated carbocycles. The quantitative estimate of drug-likeness (QED) is 0.538. The van der Waals surface area contributed by atoms with Gasteiger partial charge in [0, 0.05) is 15.8 Å².